The first-order valence-corrected chi connectivity index (χ1v) is 5.79. The molecule has 1 atom stereocenters. The molecule has 0 spiro atoms. The smallest absolute Gasteiger partial charge is 0.320 e. The lowest BCUT2D eigenvalue weighted by Gasteiger charge is -2.07. The third-order valence-corrected chi connectivity index (χ3v) is 2.83. The highest BCUT2D eigenvalue weighted by Crippen LogP contribution is 2.19. The van der Waals surface area contributed by atoms with E-state index in [1.165, 1.54) is 0 Å². The second kappa shape index (κ2) is 6.92. The van der Waals surface area contributed by atoms with Crippen molar-refractivity contribution >= 4 is 18.4 Å². The van der Waals surface area contributed by atoms with Gasteiger partial charge in [-0.3, -0.25) is 4.79 Å². The summed E-state index contributed by atoms with van der Waals surface area (Å²) in [7, 11) is 0. The van der Waals surface area contributed by atoms with Gasteiger partial charge in [0.1, 0.15) is 6.04 Å². The molecule has 0 saturated heterocycles. The number of carbonyl (C=O) groups is 1. The Morgan fingerprint density at radius 1 is 1.00 bits per heavy atom. The molecular weight excluding hydrogens is 262 g/mol. The fourth-order valence-corrected chi connectivity index (χ4v) is 1.81. The topological polar surface area (TPSA) is 63.3 Å². The maximum Gasteiger partial charge on any atom is 0.320 e. The molecule has 0 unspecified atom stereocenters. The SMILES string of the molecule is Cl.N[C@@H](Cc1ccc(-c2ccccc2)cc1)C(=O)O. The van der Waals surface area contributed by atoms with Gasteiger partial charge >= 0.3 is 5.97 Å². The van der Waals surface area contributed by atoms with Crippen molar-refractivity contribution in [3.8, 4) is 11.1 Å². The summed E-state index contributed by atoms with van der Waals surface area (Å²) in [5.41, 5.74) is 8.69. The molecule has 2 aromatic carbocycles. The minimum Gasteiger partial charge on any atom is -0.480 e. The average molecular weight is 278 g/mol. The highest BCUT2D eigenvalue weighted by Gasteiger charge is 2.11. The lowest BCUT2D eigenvalue weighted by atomic mass is 10.0. The molecule has 3 N–H and O–H groups in total. The van der Waals surface area contributed by atoms with Gasteiger partial charge < -0.3 is 10.8 Å². The molecule has 0 amide bonds. The Morgan fingerprint density at radius 2 is 1.53 bits per heavy atom. The number of benzene rings is 2. The summed E-state index contributed by atoms with van der Waals surface area (Å²) in [5.74, 6) is -0.970. The predicted octanol–water partition coefficient (Wildman–Crippen LogP) is 2.73. The van der Waals surface area contributed by atoms with Crippen molar-refractivity contribution in [1.29, 1.82) is 0 Å². The van der Waals surface area contributed by atoms with Crippen LogP contribution in [0.25, 0.3) is 11.1 Å². The Bertz CT molecular complexity index is 526. The van der Waals surface area contributed by atoms with Gasteiger partial charge in [-0.15, -0.1) is 12.4 Å². The Kier molecular flexibility index (Phi) is 5.55. The first kappa shape index (κ1) is 15.2. The monoisotopic (exact) mass is 277 g/mol. The van der Waals surface area contributed by atoms with Gasteiger partial charge in [-0.25, -0.2) is 0 Å². The fraction of sp³-hybridized carbons (Fsp3) is 0.133. The number of aliphatic carboxylic acids is 1. The molecule has 4 heteroatoms. The van der Waals surface area contributed by atoms with Crippen LogP contribution in [0.4, 0.5) is 0 Å². The molecule has 0 saturated carbocycles. The predicted molar refractivity (Wildman–Crippen MR) is 78.4 cm³/mol. The normalized spacial score (nSPS) is 11.4. The summed E-state index contributed by atoms with van der Waals surface area (Å²) >= 11 is 0. The molecule has 0 aromatic heterocycles. The van der Waals surface area contributed by atoms with Crippen LogP contribution >= 0.6 is 12.4 Å². The van der Waals surface area contributed by atoms with Crippen molar-refractivity contribution < 1.29 is 9.90 Å². The zero-order chi connectivity index (χ0) is 13.0. The molecule has 0 aliphatic carbocycles. The summed E-state index contributed by atoms with van der Waals surface area (Å²) in [4.78, 5) is 10.7. The van der Waals surface area contributed by atoms with Gasteiger partial charge in [0.25, 0.3) is 0 Å². The lowest BCUT2D eigenvalue weighted by molar-refractivity contribution is -0.138. The average Bonchev–Trinajstić information content (AvgIpc) is 2.40. The van der Waals surface area contributed by atoms with Crippen molar-refractivity contribution in [2.75, 3.05) is 0 Å². The van der Waals surface area contributed by atoms with E-state index >= 15 is 0 Å². The molecule has 0 aliphatic rings. The van der Waals surface area contributed by atoms with Crippen LogP contribution in [-0.2, 0) is 11.2 Å². The number of hydrogen-bond acceptors (Lipinski definition) is 2. The first-order valence-electron chi connectivity index (χ1n) is 5.79. The van der Waals surface area contributed by atoms with E-state index < -0.39 is 12.0 Å². The largest absolute Gasteiger partial charge is 0.480 e. The molecule has 2 aromatic rings. The molecule has 0 heterocycles. The quantitative estimate of drug-likeness (QED) is 0.903. The third kappa shape index (κ3) is 4.09. The van der Waals surface area contributed by atoms with Crippen molar-refractivity contribution in [2.45, 2.75) is 12.5 Å². The summed E-state index contributed by atoms with van der Waals surface area (Å²) < 4.78 is 0. The van der Waals surface area contributed by atoms with Crippen molar-refractivity contribution in [1.82, 2.24) is 0 Å². The van der Waals surface area contributed by atoms with E-state index in [1.807, 2.05) is 54.6 Å². The second-order valence-electron chi connectivity index (χ2n) is 4.21. The van der Waals surface area contributed by atoms with Gasteiger partial charge in [0.2, 0.25) is 0 Å². The van der Waals surface area contributed by atoms with Crippen LogP contribution in [0, 0.1) is 0 Å². The molecule has 0 aliphatic heterocycles. The van der Waals surface area contributed by atoms with Crippen LogP contribution in [0.15, 0.2) is 54.6 Å². The molecular formula is C15H16ClNO2. The zero-order valence-electron chi connectivity index (χ0n) is 10.3. The van der Waals surface area contributed by atoms with Gasteiger partial charge in [0.05, 0.1) is 0 Å². The Morgan fingerprint density at radius 3 is 2.05 bits per heavy atom. The number of hydrogen-bond donors (Lipinski definition) is 2. The maximum absolute atomic E-state index is 10.7. The van der Waals surface area contributed by atoms with Gasteiger partial charge in [-0.2, -0.15) is 0 Å². The lowest BCUT2D eigenvalue weighted by Crippen LogP contribution is -2.32. The van der Waals surface area contributed by atoms with Crippen molar-refractivity contribution in [3.05, 3.63) is 60.2 Å². The van der Waals surface area contributed by atoms with Gasteiger partial charge in [-0.05, 0) is 23.1 Å². The van der Waals surface area contributed by atoms with Crippen LogP contribution in [-0.4, -0.2) is 17.1 Å². The molecule has 0 radical (unpaired) electrons. The summed E-state index contributed by atoms with van der Waals surface area (Å²) in [6.45, 7) is 0. The highest BCUT2D eigenvalue weighted by molar-refractivity contribution is 5.85. The minimum absolute atomic E-state index is 0. The third-order valence-electron chi connectivity index (χ3n) is 2.83. The molecule has 100 valence electrons. The molecule has 0 bridgehead atoms. The van der Waals surface area contributed by atoms with E-state index in [2.05, 4.69) is 0 Å². The number of halogens is 1. The number of carboxylic acid groups (broad SMARTS) is 1. The summed E-state index contributed by atoms with van der Waals surface area (Å²) in [6.07, 6.45) is 0.352. The van der Waals surface area contributed by atoms with Crippen LogP contribution < -0.4 is 5.73 Å². The Labute approximate surface area is 118 Å². The summed E-state index contributed by atoms with van der Waals surface area (Å²) in [6, 6.07) is 17.0. The molecule has 0 fully saturated rings. The van der Waals surface area contributed by atoms with Gasteiger partial charge in [0, 0.05) is 0 Å². The standard InChI is InChI=1S/C15H15NO2.ClH/c16-14(15(17)18)10-11-6-8-13(9-7-11)12-4-2-1-3-5-12;/h1-9,14H,10,16H2,(H,17,18);1H/t14-;/m0./s1. The molecule has 19 heavy (non-hydrogen) atoms. The molecule has 3 nitrogen and oxygen atoms in total. The Balaban J connectivity index is 0.00000180. The van der Waals surface area contributed by atoms with Crippen LogP contribution in [0.1, 0.15) is 5.56 Å². The minimum atomic E-state index is -0.970. The fourth-order valence-electron chi connectivity index (χ4n) is 1.81. The van der Waals surface area contributed by atoms with Crippen LogP contribution in [0.3, 0.4) is 0 Å². The van der Waals surface area contributed by atoms with Crippen LogP contribution in [0.2, 0.25) is 0 Å². The number of nitrogens with two attached hydrogens (primary N) is 1. The van der Waals surface area contributed by atoms with Crippen LogP contribution in [0.5, 0.6) is 0 Å². The zero-order valence-corrected chi connectivity index (χ0v) is 11.1. The van der Waals surface area contributed by atoms with Gasteiger partial charge in [-0.1, -0.05) is 54.6 Å². The second-order valence-corrected chi connectivity index (χ2v) is 4.21. The van der Waals surface area contributed by atoms with Crippen molar-refractivity contribution in [3.63, 3.8) is 0 Å². The van der Waals surface area contributed by atoms with E-state index in [0.717, 1.165) is 16.7 Å². The van der Waals surface area contributed by atoms with E-state index in [1.54, 1.807) is 0 Å². The van der Waals surface area contributed by atoms with E-state index in [-0.39, 0.29) is 12.4 Å². The Hall–Kier alpha value is -1.84. The van der Waals surface area contributed by atoms with Gasteiger partial charge in [0.15, 0.2) is 0 Å². The maximum atomic E-state index is 10.7. The first-order chi connectivity index (χ1) is 8.66. The van der Waals surface area contributed by atoms with E-state index in [4.69, 9.17) is 10.8 Å². The van der Waals surface area contributed by atoms with E-state index in [9.17, 15) is 4.79 Å². The number of rotatable bonds is 4. The number of carboxylic acids is 1. The van der Waals surface area contributed by atoms with E-state index in [0.29, 0.717) is 6.42 Å². The van der Waals surface area contributed by atoms with Crippen molar-refractivity contribution in [2.24, 2.45) is 5.73 Å². The highest BCUT2D eigenvalue weighted by atomic mass is 35.5. The molecule has 2 rings (SSSR count). The summed E-state index contributed by atoms with van der Waals surface area (Å²) in [5, 5.41) is 8.75.